The van der Waals surface area contributed by atoms with Crippen molar-refractivity contribution >= 4 is 38.6 Å². The molecule has 7 heterocycles. The van der Waals surface area contributed by atoms with Crippen LogP contribution in [0.3, 0.4) is 0 Å². The van der Waals surface area contributed by atoms with Gasteiger partial charge in [0.05, 0.1) is 42.2 Å². The van der Waals surface area contributed by atoms with Crippen LogP contribution < -0.4 is 21.3 Å². The Balaban J connectivity index is 1.09. The number of nitrogens with zero attached hydrogens (tertiary/aromatic N) is 7. The first-order valence-corrected chi connectivity index (χ1v) is 17.9. The Labute approximate surface area is 298 Å². The van der Waals surface area contributed by atoms with Crippen LogP contribution in [0.4, 0.5) is 17.2 Å². The largest absolute Gasteiger partial charge is 0.392 e. The van der Waals surface area contributed by atoms with Crippen LogP contribution in [-0.4, -0.2) is 78.4 Å². The number of anilines is 3. The summed E-state index contributed by atoms with van der Waals surface area (Å²) in [6.45, 7) is 10.9. The molecular weight excluding hydrogens is 700 g/mol. The maximum Gasteiger partial charge on any atom is 0.281 e. The van der Waals surface area contributed by atoms with E-state index in [4.69, 9.17) is 4.74 Å². The number of aromatic nitrogens is 5. The highest BCUT2D eigenvalue weighted by Crippen LogP contribution is 2.42. The Kier molecular flexibility index (Phi) is 8.21. The molecule has 0 aromatic carbocycles. The van der Waals surface area contributed by atoms with Crippen molar-refractivity contribution in [2.45, 2.75) is 52.3 Å². The van der Waals surface area contributed by atoms with E-state index < -0.39 is 0 Å². The van der Waals surface area contributed by atoms with Crippen LogP contribution >= 0.6 is 15.9 Å². The van der Waals surface area contributed by atoms with Gasteiger partial charge in [0.2, 0.25) is 0 Å². The number of aryl methyl sites for hydroxylation is 1. The zero-order valence-corrected chi connectivity index (χ0v) is 30.3. The lowest BCUT2D eigenvalue weighted by Gasteiger charge is -2.46. The van der Waals surface area contributed by atoms with Crippen LogP contribution in [0.5, 0.6) is 0 Å². The van der Waals surface area contributed by atoms with E-state index in [0.29, 0.717) is 51.6 Å². The summed E-state index contributed by atoms with van der Waals surface area (Å²) >= 11 is 3.73. The van der Waals surface area contributed by atoms with Gasteiger partial charge in [0.1, 0.15) is 22.8 Å². The molecule has 5 aromatic rings. The molecule has 12 nitrogen and oxygen atoms in total. The zero-order chi connectivity index (χ0) is 34.9. The lowest BCUT2D eigenvalue weighted by Crippen LogP contribution is -2.59. The predicted octanol–water partition coefficient (Wildman–Crippen LogP) is 4.28. The Hall–Kier alpha value is -4.30. The van der Waals surface area contributed by atoms with Crippen LogP contribution in [0.25, 0.3) is 22.5 Å². The molecule has 2 N–H and O–H groups in total. The summed E-state index contributed by atoms with van der Waals surface area (Å²) in [7, 11) is 1.69. The van der Waals surface area contributed by atoms with Crippen molar-refractivity contribution in [3.05, 3.63) is 97.3 Å². The normalized spacial score (nSPS) is 19.2. The minimum atomic E-state index is -0.362. The van der Waals surface area contributed by atoms with Crippen LogP contribution in [-0.2, 0) is 31.2 Å². The van der Waals surface area contributed by atoms with Crippen molar-refractivity contribution in [1.29, 1.82) is 0 Å². The lowest BCUT2D eigenvalue weighted by atomic mass is 9.90. The van der Waals surface area contributed by atoms with Gasteiger partial charge < -0.3 is 29.0 Å². The SMILES string of the molecule is C[C@H]1CN(C2COC2)CCN1c1ccc(Nc2cc(-c3ccnc(-n4ccn5c6c(c(Br)c5c4=O)CC(C)(C)C6)c3CO)cn(C)c2=O)nc1. The fraction of sp³-hybridized carbons (Fsp3) is 0.405. The van der Waals surface area contributed by atoms with Gasteiger partial charge in [0.15, 0.2) is 0 Å². The second-order valence-corrected chi connectivity index (χ2v) is 15.4. The minimum absolute atomic E-state index is 0.131. The first-order valence-electron chi connectivity index (χ1n) is 17.1. The highest BCUT2D eigenvalue weighted by atomic mass is 79.9. The summed E-state index contributed by atoms with van der Waals surface area (Å²) in [5, 5.41) is 13.9. The third-order valence-corrected chi connectivity index (χ3v) is 11.3. The summed E-state index contributed by atoms with van der Waals surface area (Å²) in [4.78, 5) is 41.4. The van der Waals surface area contributed by atoms with E-state index in [1.54, 1.807) is 37.8 Å². The minimum Gasteiger partial charge on any atom is -0.392 e. The number of pyridine rings is 3. The summed E-state index contributed by atoms with van der Waals surface area (Å²) in [5.74, 6) is 0.884. The van der Waals surface area contributed by atoms with Gasteiger partial charge in [-0.05, 0) is 76.5 Å². The zero-order valence-electron chi connectivity index (χ0n) is 28.7. The number of hydrogen-bond donors (Lipinski definition) is 2. The average molecular weight is 742 g/mol. The highest BCUT2D eigenvalue weighted by Gasteiger charge is 2.35. The number of ether oxygens (including phenoxy) is 1. The summed E-state index contributed by atoms with van der Waals surface area (Å²) < 4.78 is 11.2. The lowest BCUT2D eigenvalue weighted by molar-refractivity contribution is -0.0691. The van der Waals surface area contributed by atoms with E-state index in [9.17, 15) is 14.7 Å². The molecule has 1 aliphatic carbocycles. The number of aliphatic hydroxyl groups is 1. The summed E-state index contributed by atoms with van der Waals surface area (Å²) in [6.07, 6.45) is 10.6. The first-order chi connectivity index (χ1) is 24.0. The molecule has 0 bridgehead atoms. The molecule has 2 fully saturated rings. The molecule has 0 amide bonds. The fourth-order valence-electron chi connectivity index (χ4n) is 7.83. The van der Waals surface area contributed by atoms with Crippen molar-refractivity contribution in [2.75, 3.05) is 43.1 Å². The molecule has 1 atom stereocenters. The second kappa shape index (κ2) is 12.5. The van der Waals surface area contributed by atoms with Gasteiger partial charge >= 0.3 is 0 Å². The fourth-order valence-corrected chi connectivity index (χ4v) is 8.56. The number of aliphatic hydroxyl groups excluding tert-OH is 1. The molecule has 0 unspecified atom stereocenters. The maximum atomic E-state index is 14.0. The third-order valence-electron chi connectivity index (χ3n) is 10.5. The monoisotopic (exact) mass is 740 g/mol. The summed E-state index contributed by atoms with van der Waals surface area (Å²) in [5.41, 5.74) is 5.74. The van der Waals surface area contributed by atoms with Crippen LogP contribution in [0.15, 0.2) is 69.3 Å². The molecule has 2 aliphatic heterocycles. The molecule has 2 saturated heterocycles. The molecule has 0 spiro atoms. The van der Waals surface area contributed by atoms with Gasteiger partial charge in [0, 0.05) is 74.3 Å². The molecule has 50 heavy (non-hydrogen) atoms. The van der Waals surface area contributed by atoms with Crippen molar-refractivity contribution in [2.24, 2.45) is 12.5 Å². The van der Waals surface area contributed by atoms with E-state index >= 15 is 0 Å². The quantitative estimate of drug-likeness (QED) is 0.252. The molecule has 5 aromatic heterocycles. The molecule has 0 radical (unpaired) electrons. The summed E-state index contributed by atoms with van der Waals surface area (Å²) in [6, 6.07) is 8.35. The van der Waals surface area contributed by atoms with Crippen LogP contribution in [0, 0.1) is 5.41 Å². The smallest absolute Gasteiger partial charge is 0.281 e. The first kappa shape index (κ1) is 32.9. The van der Waals surface area contributed by atoms with Gasteiger partial charge in [-0.15, -0.1) is 0 Å². The van der Waals surface area contributed by atoms with E-state index in [0.717, 1.165) is 67.1 Å². The molecule has 3 aliphatic rings. The van der Waals surface area contributed by atoms with Crippen molar-refractivity contribution < 1.29 is 9.84 Å². The van der Waals surface area contributed by atoms with Crippen molar-refractivity contribution in [3.63, 3.8) is 0 Å². The Morgan fingerprint density at radius 1 is 1.08 bits per heavy atom. The Morgan fingerprint density at radius 2 is 1.90 bits per heavy atom. The van der Waals surface area contributed by atoms with E-state index in [1.807, 2.05) is 28.9 Å². The highest BCUT2D eigenvalue weighted by molar-refractivity contribution is 9.10. The van der Waals surface area contributed by atoms with Gasteiger partial charge in [-0.3, -0.25) is 19.1 Å². The predicted molar refractivity (Wildman–Crippen MR) is 197 cm³/mol. The second-order valence-electron chi connectivity index (χ2n) is 14.6. The van der Waals surface area contributed by atoms with Gasteiger partial charge in [-0.25, -0.2) is 9.97 Å². The Bertz CT molecular complexity index is 2240. The number of halogens is 1. The van der Waals surface area contributed by atoms with Crippen molar-refractivity contribution in [1.82, 2.24) is 28.4 Å². The number of rotatable bonds is 7. The van der Waals surface area contributed by atoms with Crippen LogP contribution in [0.2, 0.25) is 0 Å². The molecule has 8 rings (SSSR count). The molecule has 13 heteroatoms. The number of piperazine rings is 1. The van der Waals surface area contributed by atoms with Gasteiger partial charge in [-0.1, -0.05) is 13.8 Å². The topological polar surface area (TPSA) is 122 Å². The van der Waals surface area contributed by atoms with Crippen LogP contribution in [0.1, 0.15) is 37.6 Å². The molecule has 260 valence electrons. The van der Waals surface area contributed by atoms with E-state index in [1.165, 1.54) is 9.13 Å². The van der Waals surface area contributed by atoms with E-state index in [2.05, 4.69) is 61.8 Å². The standard InChI is InChI=1S/C37H41BrN8O4/c1-22-17-43(25-20-50-21-25)9-10-44(22)24-5-6-31(40-16-24)41-29-13-23(18-42(4)35(29)48)26-7-8-39-34(28(26)19-47)46-12-11-45-30-15-37(2,3)14-27(30)32(38)33(45)36(46)49/h5-8,11-13,16,18,22,25,47H,9-10,14-15,17,19-21H2,1-4H3,(H,40,41)/t22-/m0/s1. The maximum absolute atomic E-state index is 14.0. The third kappa shape index (κ3) is 5.56. The van der Waals surface area contributed by atoms with E-state index in [-0.39, 0.29) is 23.1 Å². The van der Waals surface area contributed by atoms with Gasteiger partial charge in [-0.2, -0.15) is 0 Å². The average Bonchev–Trinajstić information content (AvgIpc) is 3.53. The molecular formula is C37H41BrN8O4. The Morgan fingerprint density at radius 3 is 2.60 bits per heavy atom. The van der Waals surface area contributed by atoms with Crippen molar-refractivity contribution in [3.8, 4) is 16.9 Å². The number of fused-ring (bicyclic) bond motifs is 3. The van der Waals surface area contributed by atoms with Gasteiger partial charge in [0.25, 0.3) is 11.1 Å². The molecule has 0 saturated carbocycles. The number of nitrogens with one attached hydrogen (secondary N) is 1. The number of hydrogen-bond acceptors (Lipinski definition) is 9.